The van der Waals surface area contributed by atoms with Crippen LogP contribution in [0.5, 0.6) is 0 Å². The van der Waals surface area contributed by atoms with Gasteiger partial charge in [-0.1, -0.05) is 6.92 Å². The molecular formula is C11H13N3. The molecule has 0 unspecified atom stereocenters. The maximum absolute atomic E-state index is 4.34. The highest BCUT2D eigenvalue weighted by Gasteiger charge is 2.00. The largest absolute Gasteiger partial charge is 0.337 e. The Hall–Kier alpha value is -1.64. The van der Waals surface area contributed by atoms with Crippen molar-refractivity contribution in [2.24, 2.45) is 0 Å². The van der Waals surface area contributed by atoms with Gasteiger partial charge in [0.2, 0.25) is 0 Å². The summed E-state index contributed by atoms with van der Waals surface area (Å²) in [5.74, 6) is 0. The third kappa shape index (κ3) is 1.82. The molecule has 2 heterocycles. The standard InChI is InChI=1S/C11H13N3/c1-2-7-14-8-11(13-9-14)10-3-5-12-6-4-10/h3-6,8-9H,2,7H2,1H3. The number of hydrogen-bond donors (Lipinski definition) is 0. The maximum atomic E-state index is 4.34. The Bertz CT molecular complexity index is 392. The minimum absolute atomic E-state index is 1.01. The van der Waals surface area contributed by atoms with E-state index in [1.54, 1.807) is 12.4 Å². The number of hydrogen-bond acceptors (Lipinski definition) is 2. The van der Waals surface area contributed by atoms with E-state index in [1.807, 2.05) is 18.5 Å². The molecule has 0 fully saturated rings. The van der Waals surface area contributed by atoms with Crippen LogP contribution < -0.4 is 0 Å². The van der Waals surface area contributed by atoms with Crippen LogP contribution in [0.15, 0.2) is 37.1 Å². The summed E-state index contributed by atoms with van der Waals surface area (Å²) >= 11 is 0. The van der Waals surface area contributed by atoms with Crippen molar-refractivity contribution in [3.63, 3.8) is 0 Å². The summed E-state index contributed by atoms with van der Waals surface area (Å²) in [7, 11) is 0. The second kappa shape index (κ2) is 4.05. The van der Waals surface area contributed by atoms with E-state index in [-0.39, 0.29) is 0 Å². The van der Waals surface area contributed by atoms with Crippen molar-refractivity contribution in [2.45, 2.75) is 19.9 Å². The Morgan fingerprint density at radius 1 is 1.29 bits per heavy atom. The van der Waals surface area contributed by atoms with E-state index in [2.05, 4.69) is 27.7 Å². The zero-order valence-electron chi connectivity index (χ0n) is 8.22. The van der Waals surface area contributed by atoms with Crippen LogP contribution in [0, 0.1) is 0 Å². The first kappa shape index (κ1) is 8.94. The van der Waals surface area contributed by atoms with Crippen LogP contribution in [0.3, 0.4) is 0 Å². The normalized spacial score (nSPS) is 10.4. The highest BCUT2D eigenvalue weighted by molar-refractivity contribution is 5.56. The van der Waals surface area contributed by atoms with Crippen LogP contribution in [-0.4, -0.2) is 14.5 Å². The monoisotopic (exact) mass is 187 g/mol. The fraction of sp³-hybridized carbons (Fsp3) is 0.273. The molecule has 0 amide bonds. The Balaban J connectivity index is 2.25. The van der Waals surface area contributed by atoms with Gasteiger partial charge in [-0.15, -0.1) is 0 Å². The maximum Gasteiger partial charge on any atom is 0.0953 e. The van der Waals surface area contributed by atoms with Crippen LogP contribution in [0.2, 0.25) is 0 Å². The molecule has 0 atom stereocenters. The lowest BCUT2D eigenvalue weighted by Gasteiger charge is -1.96. The van der Waals surface area contributed by atoms with Crippen molar-refractivity contribution in [3.8, 4) is 11.3 Å². The minimum Gasteiger partial charge on any atom is -0.337 e. The van der Waals surface area contributed by atoms with Gasteiger partial charge in [-0.3, -0.25) is 4.98 Å². The second-order valence-corrected chi connectivity index (χ2v) is 3.23. The predicted octanol–water partition coefficient (Wildman–Crippen LogP) is 2.36. The summed E-state index contributed by atoms with van der Waals surface area (Å²) in [4.78, 5) is 8.32. The highest BCUT2D eigenvalue weighted by atomic mass is 15.0. The van der Waals surface area contributed by atoms with Crippen LogP contribution in [0.4, 0.5) is 0 Å². The third-order valence-electron chi connectivity index (χ3n) is 2.09. The molecule has 0 aliphatic rings. The minimum atomic E-state index is 1.01. The average molecular weight is 187 g/mol. The smallest absolute Gasteiger partial charge is 0.0953 e. The molecule has 0 spiro atoms. The molecule has 0 saturated carbocycles. The quantitative estimate of drug-likeness (QED) is 0.738. The number of rotatable bonds is 3. The topological polar surface area (TPSA) is 30.7 Å². The fourth-order valence-corrected chi connectivity index (χ4v) is 1.41. The molecule has 3 nitrogen and oxygen atoms in total. The third-order valence-corrected chi connectivity index (χ3v) is 2.09. The Labute approximate surface area is 83.4 Å². The first-order chi connectivity index (χ1) is 6.90. The molecule has 2 rings (SSSR count). The van der Waals surface area contributed by atoms with E-state index >= 15 is 0 Å². The van der Waals surface area contributed by atoms with Gasteiger partial charge in [0.05, 0.1) is 12.0 Å². The summed E-state index contributed by atoms with van der Waals surface area (Å²) in [6.45, 7) is 3.18. The van der Waals surface area contributed by atoms with Crippen molar-refractivity contribution in [3.05, 3.63) is 37.1 Å². The number of pyridine rings is 1. The van der Waals surface area contributed by atoms with Crippen molar-refractivity contribution in [1.82, 2.24) is 14.5 Å². The molecule has 0 aliphatic heterocycles. The summed E-state index contributed by atoms with van der Waals surface area (Å²) < 4.78 is 2.11. The van der Waals surface area contributed by atoms with Gasteiger partial charge in [-0.2, -0.15) is 0 Å². The van der Waals surface area contributed by atoms with E-state index in [0.29, 0.717) is 0 Å². The fourth-order valence-electron chi connectivity index (χ4n) is 1.41. The van der Waals surface area contributed by atoms with E-state index < -0.39 is 0 Å². The summed E-state index contributed by atoms with van der Waals surface area (Å²) in [6, 6.07) is 3.94. The van der Waals surface area contributed by atoms with Crippen molar-refractivity contribution in [1.29, 1.82) is 0 Å². The first-order valence-electron chi connectivity index (χ1n) is 4.82. The molecule has 2 aromatic heterocycles. The van der Waals surface area contributed by atoms with Crippen molar-refractivity contribution in [2.75, 3.05) is 0 Å². The summed E-state index contributed by atoms with van der Waals surface area (Å²) in [5.41, 5.74) is 2.13. The number of nitrogens with zero attached hydrogens (tertiary/aromatic N) is 3. The highest BCUT2D eigenvalue weighted by Crippen LogP contribution is 2.14. The molecule has 0 bridgehead atoms. The van der Waals surface area contributed by atoms with E-state index in [1.165, 1.54) is 0 Å². The molecule has 3 heteroatoms. The zero-order chi connectivity index (χ0) is 9.80. The van der Waals surface area contributed by atoms with E-state index in [0.717, 1.165) is 24.2 Å². The van der Waals surface area contributed by atoms with Crippen molar-refractivity contribution >= 4 is 0 Å². The summed E-state index contributed by atoms with van der Waals surface area (Å²) in [6.07, 6.45) is 8.65. The Morgan fingerprint density at radius 3 is 2.79 bits per heavy atom. The Morgan fingerprint density at radius 2 is 2.07 bits per heavy atom. The van der Waals surface area contributed by atoms with Gasteiger partial charge in [-0.05, 0) is 18.6 Å². The lowest BCUT2D eigenvalue weighted by molar-refractivity contribution is 0.678. The number of aryl methyl sites for hydroxylation is 1. The SMILES string of the molecule is CCCn1cnc(-c2ccncc2)c1. The molecule has 0 saturated heterocycles. The lowest BCUT2D eigenvalue weighted by Crippen LogP contribution is -1.90. The van der Waals surface area contributed by atoms with Gasteiger partial charge < -0.3 is 4.57 Å². The predicted molar refractivity (Wildman–Crippen MR) is 55.7 cm³/mol. The average Bonchev–Trinajstić information content (AvgIpc) is 2.68. The van der Waals surface area contributed by atoms with Gasteiger partial charge in [-0.25, -0.2) is 4.98 Å². The second-order valence-electron chi connectivity index (χ2n) is 3.23. The summed E-state index contributed by atoms with van der Waals surface area (Å²) in [5, 5.41) is 0. The number of imidazole rings is 1. The van der Waals surface area contributed by atoms with Crippen molar-refractivity contribution < 1.29 is 0 Å². The molecule has 0 N–H and O–H groups in total. The first-order valence-corrected chi connectivity index (χ1v) is 4.82. The van der Waals surface area contributed by atoms with E-state index in [4.69, 9.17) is 0 Å². The van der Waals surface area contributed by atoms with E-state index in [9.17, 15) is 0 Å². The molecule has 0 aliphatic carbocycles. The van der Waals surface area contributed by atoms with Crippen LogP contribution >= 0.6 is 0 Å². The van der Waals surface area contributed by atoms with Gasteiger partial charge in [0.25, 0.3) is 0 Å². The van der Waals surface area contributed by atoms with Gasteiger partial charge in [0, 0.05) is 30.7 Å². The van der Waals surface area contributed by atoms with Crippen LogP contribution in [0.25, 0.3) is 11.3 Å². The molecular weight excluding hydrogens is 174 g/mol. The molecule has 2 aromatic rings. The molecule has 0 radical (unpaired) electrons. The molecule has 72 valence electrons. The molecule has 14 heavy (non-hydrogen) atoms. The van der Waals surface area contributed by atoms with Gasteiger partial charge in [0.1, 0.15) is 0 Å². The Kier molecular flexibility index (Phi) is 2.58. The van der Waals surface area contributed by atoms with Gasteiger partial charge >= 0.3 is 0 Å². The zero-order valence-corrected chi connectivity index (χ0v) is 8.22. The number of aromatic nitrogens is 3. The lowest BCUT2D eigenvalue weighted by atomic mass is 10.2. The van der Waals surface area contributed by atoms with Crippen LogP contribution in [-0.2, 0) is 6.54 Å². The van der Waals surface area contributed by atoms with Crippen LogP contribution in [0.1, 0.15) is 13.3 Å². The van der Waals surface area contributed by atoms with Gasteiger partial charge in [0.15, 0.2) is 0 Å². The molecule has 0 aromatic carbocycles.